The molecule has 0 amide bonds. The van der Waals surface area contributed by atoms with Gasteiger partial charge in [0.25, 0.3) is 0 Å². The van der Waals surface area contributed by atoms with Gasteiger partial charge in [-0.05, 0) is 30.8 Å². The summed E-state index contributed by atoms with van der Waals surface area (Å²) in [6.45, 7) is 1.17. The minimum Gasteiger partial charge on any atom is -0.329 e. The van der Waals surface area contributed by atoms with Crippen LogP contribution in [0.2, 0.25) is 0 Å². The number of hydrogen-bond donors (Lipinski definition) is 1. The molecule has 6 heteroatoms. The summed E-state index contributed by atoms with van der Waals surface area (Å²) in [7, 11) is 1.71. The van der Waals surface area contributed by atoms with E-state index in [1.165, 1.54) is 0 Å². The predicted molar refractivity (Wildman–Crippen MR) is 56.8 cm³/mol. The molecule has 0 heterocycles. The average molecular weight is 250 g/mol. The maximum absolute atomic E-state index is 13.1. The van der Waals surface area contributed by atoms with E-state index in [1.54, 1.807) is 11.9 Å². The van der Waals surface area contributed by atoms with Crippen molar-refractivity contribution in [3.05, 3.63) is 35.1 Å². The largest absolute Gasteiger partial charge is 0.416 e. The van der Waals surface area contributed by atoms with Gasteiger partial charge in [0, 0.05) is 19.6 Å². The Labute approximate surface area is 97.0 Å². The monoisotopic (exact) mass is 250 g/mol. The van der Waals surface area contributed by atoms with Crippen molar-refractivity contribution in [1.82, 2.24) is 4.90 Å². The molecular formula is C11H14F4N2. The lowest BCUT2D eigenvalue weighted by atomic mass is 10.1. The van der Waals surface area contributed by atoms with Gasteiger partial charge in [-0.1, -0.05) is 0 Å². The molecule has 0 aromatic heterocycles. The SMILES string of the molecule is CN(CCN)Cc1cc(F)cc(C(F)(F)F)c1. The number of halogens is 4. The van der Waals surface area contributed by atoms with E-state index < -0.39 is 17.6 Å². The van der Waals surface area contributed by atoms with Gasteiger partial charge in [-0.2, -0.15) is 13.2 Å². The lowest BCUT2D eigenvalue weighted by Crippen LogP contribution is -2.25. The molecule has 0 aliphatic heterocycles. The van der Waals surface area contributed by atoms with E-state index in [-0.39, 0.29) is 12.1 Å². The van der Waals surface area contributed by atoms with Crippen LogP contribution in [0.25, 0.3) is 0 Å². The Bertz CT molecular complexity index is 376. The van der Waals surface area contributed by atoms with Crippen molar-refractivity contribution < 1.29 is 17.6 Å². The number of benzene rings is 1. The molecule has 0 saturated carbocycles. The summed E-state index contributed by atoms with van der Waals surface area (Å²) in [5, 5.41) is 0. The maximum Gasteiger partial charge on any atom is 0.416 e. The van der Waals surface area contributed by atoms with Crippen LogP contribution in [0.1, 0.15) is 11.1 Å². The molecule has 1 rings (SSSR count). The normalized spacial score (nSPS) is 12.2. The topological polar surface area (TPSA) is 29.3 Å². The molecule has 0 aliphatic rings. The molecule has 1 aromatic rings. The second kappa shape index (κ2) is 5.46. The Balaban J connectivity index is 2.90. The first-order valence-corrected chi connectivity index (χ1v) is 5.08. The maximum atomic E-state index is 13.1. The average Bonchev–Trinajstić information content (AvgIpc) is 2.15. The first-order chi connectivity index (χ1) is 7.82. The Kier molecular flexibility index (Phi) is 4.47. The van der Waals surface area contributed by atoms with Crippen LogP contribution in [0.3, 0.4) is 0 Å². The van der Waals surface area contributed by atoms with Crippen LogP contribution < -0.4 is 5.73 Å². The molecule has 0 bridgehead atoms. The van der Waals surface area contributed by atoms with E-state index in [2.05, 4.69) is 0 Å². The molecule has 1 aromatic carbocycles. The fourth-order valence-corrected chi connectivity index (χ4v) is 1.52. The smallest absolute Gasteiger partial charge is 0.329 e. The zero-order valence-electron chi connectivity index (χ0n) is 9.39. The van der Waals surface area contributed by atoms with E-state index in [9.17, 15) is 17.6 Å². The summed E-state index contributed by atoms with van der Waals surface area (Å²) in [5.74, 6) is -0.879. The summed E-state index contributed by atoms with van der Waals surface area (Å²) >= 11 is 0. The van der Waals surface area contributed by atoms with Gasteiger partial charge in [-0.15, -0.1) is 0 Å². The Morgan fingerprint density at radius 1 is 1.24 bits per heavy atom. The minimum absolute atomic E-state index is 0.234. The third kappa shape index (κ3) is 4.32. The summed E-state index contributed by atoms with van der Waals surface area (Å²) < 4.78 is 50.4. The van der Waals surface area contributed by atoms with Crippen LogP contribution in [-0.4, -0.2) is 25.0 Å². The standard InChI is InChI=1S/C11H14F4N2/c1-17(3-2-16)7-8-4-9(11(13,14)15)6-10(12)5-8/h4-6H,2-3,7,16H2,1H3. The van der Waals surface area contributed by atoms with Crippen LogP contribution >= 0.6 is 0 Å². The zero-order chi connectivity index (χ0) is 13.1. The number of hydrogen-bond acceptors (Lipinski definition) is 2. The quantitative estimate of drug-likeness (QED) is 0.830. The Morgan fingerprint density at radius 3 is 2.41 bits per heavy atom. The van der Waals surface area contributed by atoms with Gasteiger partial charge >= 0.3 is 6.18 Å². The predicted octanol–water partition coefficient (Wildman–Crippen LogP) is 2.24. The highest BCUT2D eigenvalue weighted by molar-refractivity contribution is 5.26. The number of likely N-dealkylation sites (N-methyl/N-ethyl adjacent to an activating group) is 1. The molecule has 0 unspecified atom stereocenters. The highest BCUT2D eigenvalue weighted by Gasteiger charge is 2.31. The van der Waals surface area contributed by atoms with Gasteiger partial charge in [0.1, 0.15) is 5.82 Å². The molecule has 0 saturated heterocycles. The first kappa shape index (κ1) is 13.9. The van der Waals surface area contributed by atoms with Crippen molar-refractivity contribution >= 4 is 0 Å². The molecule has 96 valence electrons. The number of rotatable bonds is 4. The molecule has 2 nitrogen and oxygen atoms in total. The van der Waals surface area contributed by atoms with Gasteiger partial charge in [0.05, 0.1) is 5.56 Å². The second-order valence-electron chi connectivity index (χ2n) is 3.87. The molecular weight excluding hydrogens is 236 g/mol. The minimum atomic E-state index is -4.52. The molecule has 2 N–H and O–H groups in total. The van der Waals surface area contributed by atoms with E-state index in [4.69, 9.17) is 5.73 Å². The third-order valence-corrected chi connectivity index (χ3v) is 2.25. The van der Waals surface area contributed by atoms with Gasteiger partial charge in [0.2, 0.25) is 0 Å². The number of nitrogens with two attached hydrogens (primary N) is 1. The molecule has 0 radical (unpaired) electrons. The molecule has 0 aliphatic carbocycles. The lowest BCUT2D eigenvalue weighted by Gasteiger charge is -2.16. The van der Waals surface area contributed by atoms with Crippen molar-refractivity contribution in [1.29, 1.82) is 0 Å². The van der Waals surface area contributed by atoms with E-state index >= 15 is 0 Å². The van der Waals surface area contributed by atoms with Crippen LogP contribution in [0, 0.1) is 5.82 Å². The fraction of sp³-hybridized carbons (Fsp3) is 0.455. The van der Waals surface area contributed by atoms with Gasteiger partial charge in [-0.25, -0.2) is 4.39 Å². The van der Waals surface area contributed by atoms with Crippen LogP contribution in [-0.2, 0) is 12.7 Å². The Morgan fingerprint density at radius 2 is 1.88 bits per heavy atom. The molecule has 0 fully saturated rings. The van der Waals surface area contributed by atoms with Crippen molar-refractivity contribution in [3.63, 3.8) is 0 Å². The summed E-state index contributed by atoms with van der Waals surface area (Å²) in [5.41, 5.74) is 4.64. The van der Waals surface area contributed by atoms with E-state index in [1.807, 2.05) is 0 Å². The van der Waals surface area contributed by atoms with E-state index in [0.29, 0.717) is 19.2 Å². The number of nitrogens with zero attached hydrogens (tertiary/aromatic N) is 1. The highest BCUT2D eigenvalue weighted by atomic mass is 19.4. The van der Waals surface area contributed by atoms with Crippen molar-refractivity contribution in [2.75, 3.05) is 20.1 Å². The van der Waals surface area contributed by atoms with Crippen molar-refractivity contribution in [2.45, 2.75) is 12.7 Å². The van der Waals surface area contributed by atoms with Crippen LogP contribution in [0.5, 0.6) is 0 Å². The third-order valence-electron chi connectivity index (χ3n) is 2.25. The lowest BCUT2D eigenvalue weighted by molar-refractivity contribution is -0.137. The van der Waals surface area contributed by atoms with Gasteiger partial charge < -0.3 is 10.6 Å². The van der Waals surface area contributed by atoms with Crippen LogP contribution in [0.15, 0.2) is 18.2 Å². The van der Waals surface area contributed by atoms with E-state index in [0.717, 1.165) is 12.1 Å². The Hall–Kier alpha value is -1.14. The zero-order valence-corrected chi connectivity index (χ0v) is 9.39. The van der Waals surface area contributed by atoms with Gasteiger partial charge in [-0.3, -0.25) is 0 Å². The van der Waals surface area contributed by atoms with Crippen LogP contribution in [0.4, 0.5) is 17.6 Å². The summed E-state index contributed by atoms with van der Waals surface area (Å²) in [6, 6.07) is 2.55. The highest BCUT2D eigenvalue weighted by Crippen LogP contribution is 2.30. The van der Waals surface area contributed by atoms with Crippen molar-refractivity contribution in [3.8, 4) is 0 Å². The molecule has 0 atom stereocenters. The first-order valence-electron chi connectivity index (χ1n) is 5.08. The van der Waals surface area contributed by atoms with Crippen molar-refractivity contribution in [2.24, 2.45) is 5.73 Å². The number of alkyl halides is 3. The summed E-state index contributed by atoms with van der Waals surface area (Å²) in [4.78, 5) is 1.73. The molecule has 0 spiro atoms. The van der Waals surface area contributed by atoms with Gasteiger partial charge in [0.15, 0.2) is 0 Å². The molecule has 17 heavy (non-hydrogen) atoms. The fourth-order valence-electron chi connectivity index (χ4n) is 1.52. The summed E-state index contributed by atoms with van der Waals surface area (Å²) in [6.07, 6.45) is -4.52. The second-order valence-corrected chi connectivity index (χ2v) is 3.87.